The van der Waals surface area contributed by atoms with Crippen LogP contribution in [-0.4, -0.2) is 52.4 Å². The van der Waals surface area contributed by atoms with Gasteiger partial charge in [-0.05, 0) is 38.9 Å². The van der Waals surface area contributed by atoms with Crippen molar-refractivity contribution in [1.29, 1.82) is 0 Å². The first kappa shape index (κ1) is 14.0. The molecule has 0 spiro atoms. The smallest absolute Gasteiger partial charge is 0.339 e. The Bertz CT molecular complexity index is 438. The maximum Gasteiger partial charge on any atom is 0.339 e. The molecule has 0 aliphatic carbocycles. The number of hydrogen-bond donors (Lipinski definition) is 2. The fourth-order valence-electron chi connectivity index (χ4n) is 2.67. The average molecular weight is 266 g/mol. The summed E-state index contributed by atoms with van der Waals surface area (Å²) in [6.07, 6.45) is 3.90. The zero-order valence-corrected chi connectivity index (χ0v) is 11.6. The van der Waals surface area contributed by atoms with Gasteiger partial charge in [0.25, 0.3) is 0 Å². The van der Waals surface area contributed by atoms with E-state index in [-0.39, 0.29) is 0 Å². The summed E-state index contributed by atoms with van der Waals surface area (Å²) >= 11 is 0. The molecule has 2 heterocycles. The van der Waals surface area contributed by atoms with Gasteiger partial charge in [-0.2, -0.15) is 5.10 Å². The van der Waals surface area contributed by atoms with Crippen LogP contribution in [0.2, 0.25) is 0 Å². The molecule has 0 saturated carbocycles. The predicted octanol–water partition coefficient (Wildman–Crippen LogP) is 0.550. The molecule has 1 aromatic heterocycles. The quantitative estimate of drug-likeness (QED) is 0.814. The lowest BCUT2D eigenvalue weighted by atomic mass is 9.99. The van der Waals surface area contributed by atoms with Crippen LogP contribution in [0.3, 0.4) is 0 Å². The highest BCUT2D eigenvalue weighted by Gasteiger charge is 2.19. The molecule has 6 nitrogen and oxygen atoms in total. The molecule has 0 aromatic carbocycles. The van der Waals surface area contributed by atoms with Crippen molar-refractivity contribution < 1.29 is 9.90 Å². The molecule has 1 fully saturated rings. The second kappa shape index (κ2) is 6.16. The molecule has 106 valence electrons. The third kappa shape index (κ3) is 3.54. The lowest BCUT2D eigenvalue weighted by Crippen LogP contribution is -2.37. The van der Waals surface area contributed by atoms with Crippen molar-refractivity contribution in [3.63, 3.8) is 0 Å². The third-order valence-corrected chi connectivity index (χ3v) is 3.68. The molecule has 0 radical (unpaired) electrons. The Balaban J connectivity index is 1.96. The van der Waals surface area contributed by atoms with Crippen molar-refractivity contribution in [1.82, 2.24) is 20.0 Å². The summed E-state index contributed by atoms with van der Waals surface area (Å²) in [6.45, 7) is 3.78. The molecule has 2 rings (SSSR count). The van der Waals surface area contributed by atoms with Crippen LogP contribution in [0.25, 0.3) is 0 Å². The topological polar surface area (TPSA) is 70.4 Å². The molecule has 0 amide bonds. The molecule has 19 heavy (non-hydrogen) atoms. The van der Waals surface area contributed by atoms with E-state index in [4.69, 9.17) is 5.11 Å². The van der Waals surface area contributed by atoms with E-state index in [1.54, 1.807) is 11.7 Å². The highest BCUT2D eigenvalue weighted by atomic mass is 16.4. The van der Waals surface area contributed by atoms with Crippen LogP contribution in [0.4, 0.5) is 0 Å². The molecule has 6 heteroatoms. The van der Waals surface area contributed by atoms with Crippen molar-refractivity contribution in [2.75, 3.05) is 26.7 Å². The first-order valence-corrected chi connectivity index (χ1v) is 6.71. The SMILES string of the molecule is CN(Cc1c(C(=O)O)cnn1C)CC1CCCNC1. The van der Waals surface area contributed by atoms with E-state index in [0.29, 0.717) is 18.0 Å². The molecular formula is C13H22N4O2. The second-order valence-electron chi connectivity index (χ2n) is 5.34. The summed E-state index contributed by atoms with van der Waals surface area (Å²) < 4.78 is 1.65. The Kier molecular flexibility index (Phi) is 4.55. The lowest BCUT2D eigenvalue weighted by Gasteiger charge is -2.27. The van der Waals surface area contributed by atoms with Crippen molar-refractivity contribution in [3.8, 4) is 0 Å². The maximum absolute atomic E-state index is 11.1. The Morgan fingerprint density at radius 3 is 3.11 bits per heavy atom. The van der Waals surface area contributed by atoms with Crippen LogP contribution < -0.4 is 5.32 Å². The minimum Gasteiger partial charge on any atom is -0.478 e. The van der Waals surface area contributed by atoms with E-state index >= 15 is 0 Å². The van der Waals surface area contributed by atoms with Crippen LogP contribution in [0, 0.1) is 5.92 Å². The molecule has 0 bridgehead atoms. The number of rotatable bonds is 5. The van der Waals surface area contributed by atoms with Crippen LogP contribution >= 0.6 is 0 Å². The molecule has 1 aliphatic rings. The van der Waals surface area contributed by atoms with Gasteiger partial charge in [0.2, 0.25) is 0 Å². The number of nitrogens with zero attached hydrogens (tertiary/aromatic N) is 3. The Labute approximate surface area is 113 Å². The van der Waals surface area contributed by atoms with E-state index in [1.807, 2.05) is 7.05 Å². The second-order valence-corrected chi connectivity index (χ2v) is 5.34. The van der Waals surface area contributed by atoms with E-state index in [0.717, 1.165) is 25.3 Å². The van der Waals surface area contributed by atoms with Gasteiger partial charge in [-0.3, -0.25) is 4.68 Å². The molecule has 1 aromatic rings. The molecule has 1 aliphatic heterocycles. The zero-order chi connectivity index (χ0) is 13.8. The standard InChI is InChI=1S/C13H22N4O2/c1-16(8-10-4-3-5-14-6-10)9-12-11(13(18)19)7-15-17(12)2/h7,10,14H,3-6,8-9H2,1-2H3,(H,18,19). The van der Waals surface area contributed by atoms with Gasteiger partial charge in [0.1, 0.15) is 5.56 Å². The van der Waals surface area contributed by atoms with Crippen molar-refractivity contribution in [2.24, 2.45) is 13.0 Å². The number of carboxylic acid groups (broad SMARTS) is 1. The zero-order valence-electron chi connectivity index (χ0n) is 11.6. The minimum atomic E-state index is -0.907. The Hall–Kier alpha value is -1.40. The Morgan fingerprint density at radius 2 is 2.47 bits per heavy atom. The van der Waals surface area contributed by atoms with Crippen molar-refractivity contribution >= 4 is 5.97 Å². The fraction of sp³-hybridized carbons (Fsp3) is 0.692. The van der Waals surface area contributed by atoms with Gasteiger partial charge in [-0.1, -0.05) is 0 Å². The minimum absolute atomic E-state index is 0.302. The highest BCUT2D eigenvalue weighted by Crippen LogP contribution is 2.14. The van der Waals surface area contributed by atoms with Gasteiger partial charge in [0.05, 0.1) is 11.9 Å². The summed E-state index contributed by atoms with van der Waals surface area (Å²) in [4.78, 5) is 13.3. The summed E-state index contributed by atoms with van der Waals surface area (Å²) in [6, 6.07) is 0. The first-order chi connectivity index (χ1) is 9.08. The summed E-state index contributed by atoms with van der Waals surface area (Å²) in [5, 5.41) is 16.6. The number of nitrogens with one attached hydrogen (secondary N) is 1. The van der Waals surface area contributed by atoms with E-state index in [1.165, 1.54) is 19.0 Å². The Morgan fingerprint density at radius 1 is 1.68 bits per heavy atom. The van der Waals surface area contributed by atoms with E-state index in [2.05, 4.69) is 15.3 Å². The molecular weight excluding hydrogens is 244 g/mol. The first-order valence-electron chi connectivity index (χ1n) is 6.71. The van der Waals surface area contributed by atoms with Gasteiger partial charge in [-0.15, -0.1) is 0 Å². The summed E-state index contributed by atoms with van der Waals surface area (Å²) in [5.41, 5.74) is 1.06. The van der Waals surface area contributed by atoms with Crippen LogP contribution in [0.1, 0.15) is 28.9 Å². The number of aromatic nitrogens is 2. The van der Waals surface area contributed by atoms with Crippen molar-refractivity contribution in [3.05, 3.63) is 17.5 Å². The maximum atomic E-state index is 11.1. The number of aryl methyl sites for hydroxylation is 1. The van der Waals surface area contributed by atoms with E-state index < -0.39 is 5.97 Å². The third-order valence-electron chi connectivity index (χ3n) is 3.68. The molecule has 1 atom stereocenters. The fourth-order valence-corrected chi connectivity index (χ4v) is 2.67. The normalized spacial score (nSPS) is 19.8. The monoisotopic (exact) mass is 266 g/mol. The molecule has 2 N–H and O–H groups in total. The number of hydrogen-bond acceptors (Lipinski definition) is 4. The van der Waals surface area contributed by atoms with Gasteiger partial charge >= 0.3 is 5.97 Å². The highest BCUT2D eigenvalue weighted by molar-refractivity contribution is 5.88. The van der Waals surface area contributed by atoms with Gasteiger partial charge < -0.3 is 15.3 Å². The predicted molar refractivity (Wildman–Crippen MR) is 72.1 cm³/mol. The van der Waals surface area contributed by atoms with E-state index in [9.17, 15) is 4.79 Å². The van der Waals surface area contributed by atoms with Crippen LogP contribution in [-0.2, 0) is 13.6 Å². The van der Waals surface area contributed by atoms with Gasteiger partial charge in [-0.25, -0.2) is 4.79 Å². The number of carboxylic acids is 1. The number of aromatic carboxylic acids is 1. The van der Waals surface area contributed by atoms with Crippen LogP contribution in [0.5, 0.6) is 0 Å². The van der Waals surface area contributed by atoms with Gasteiger partial charge in [0, 0.05) is 20.1 Å². The average Bonchev–Trinajstić information content (AvgIpc) is 2.72. The number of carbonyl (C=O) groups is 1. The van der Waals surface area contributed by atoms with Crippen LogP contribution in [0.15, 0.2) is 6.20 Å². The van der Waals surface area contributed by atoms with Crippen molar-refractivity contribution in [2.45, 2.75) is 19.4 Å². The molecule has 1 saturated heterocycles. The summed E-state index contributed by atoms with van der Waals surface area (Å²) in [7, 11) is 3.82. The van der Waals surface area contributed by atoms with Gasteiger partial charge in [0.15, 0.2) is 0 Å². The largest absolute Gasteiger partial charge is 0.478 e. The lowest BCUT2D eigenvalue weighted by molar-refractivity contribution is 0.0694. The molecule has 1 unspecified atom stereocenters. The number of piperidine rings is 1. The summed E-state index contributed by atoms with van der Waals surface area (Å²) in [5.74, 6) is -0.254.